The number of fused-ring (bicyclic) bond motifs is 1. The molecule has 0 radical (unpaired) electrons. The van der Waals surface area contributed by atoms with Crippen molar-refractivity contribution in [3.63, 3.8) is 0 Å². The lowest BCUT2D eigenvalue weighted by atomic mass is 10.1. The van der Waals surface area contributed by atoms with Gasteiger partial charge in [-0.1, -0.05) is 41.9 Å². The lowest BCUT2D eigenvalue weighted by Gasteiger charge is -2.08. The van der Waals surface area contributed by atoms with Crippen LogP contribution in [0.5, 0.6) is 0 Å². The van der Waals surface area contributed by atoms with Crippen LogP contribution in [-0.4, -0.2) is 15.9 Å². The van der Waals surface area contributed by atoms with E-state index in [0.29, 0.717) is 18.8 Å². The quantitative estimate of drug-likeness (QED) is 0.433. The molecule has 0 unspecified atom stereocenters. The molecule has 0 aliphatic heterocycles. The van der Waals surface area contributed by atoms with E-state index in [4.69, 9.17) is 11.6 Å². The van der Waals surface area contributed by atoms with Gasteiger partial charge in [0.15, 0.2) is 0 Å². The number of benzene rings is 2. The van der Waals surface area contributed by atoms with Gasteiger partial charge < -0.3 is 15.6 Å². The fourth-order valence-corrected chi connectivity index (χ4v) is 3.14. The molecule has 0 saturated carbocycles. The number of halogens is 1. The van der Waals surface area contributed by atoms with Crippen LogP contribution in [0.2, 0.25) is 5.02 Å². The van der Waals surface area contributed by atoms with Crippen LogP contribution in [0, 0.1) is 0 Å². The molecular formula is C22H19ClN4O. The van der Waals surface area contributed by atoms with E-state index < -0.39 is 0 Å². The number of nitrogens with one attached hydrogen (secondary N) is 3. The van der Waals surface area contributed by atoms with Crippen molar-refractivity contribution in [1.29, 1.82) is 0 Å². The highest BCUT2D eigenvalue weighted by molar-refractivity contribution is 6.30. The fraction of sp³-hybridized carbons (Fsp3) is 0.0909. The molecule has 0 bridgehead atoms. The third-order valence-corrected chi connectivity index (χ3v) is 4.72. The van der Waals surface area contributed by atoms with Gasteiger partial charge >= 0.3 is 0 Å². The largest absolute Gasteiger partial charge is 0.380 e. The average Bonchev–Trinajstić information content (AvgIpc) is 3.11. The summed E-state index contributed by atoms with van der Waals surface area (Å²) >= 11 is 5.89. The summed E-state index contributed by atoms with van der Waals surface area (Å²) in [4.78, 5) is 19.9. The summed E-state index contributed by atoms with van der Waals surface area (Å²) in [5.74, 6) is 0.431. The Bertz CT molecular complexity index is 1090. The third-order valence-electron chi connectivity index (χ3n) is 4.47. The first-order chi connectivity index (χ1) is 13.7. The Morgan fingerprint density at radius 1 is 1.04 bits per heavy atom. The van der Waals surface area contributed by atoms with E-state index in [1.807, 2.05) is 60.8 Å². The first kappa shape index (κ1) is 18.1. The van der Waals surface area contributed by atoms with Crippen molar-refractivity contribution in [2.75, 3.05) is 10.6 Å². The summed E-state index contributed by atoms with van der Waals surface area (Å²) in [6, 6.07) is 19.3. The Morgan fingerprint density at radius 2 is 1.86 bits per heavy atom. The molecule has 0 aliphatic rings. The molecule has 28 heavy (non-hydrogen) atoms. The minimum absolute atomic E-state index is 0.0980. The number of anilines is 2. The first-order valence-electron chi connectivity index (χ1n) is 8.96. The lowest BCUT2D eigenvalue weighted by molar-refractivity contribution is -0.115. The second kappa shape index (κ2) is 8.15. The lowest BCUT2D eigenvalue weighted by Crippen LogP contribution is -2.15. The molecule has 5 nitrogen and oxygen atoms in total. The molecule has 4 aromatic rings. The van der Waals surface area contributed by atoms with E-state index in [0.717, 1.165) is 32.7 Å². The predicted octanol–water partition coefficient (Wildman–Crippen LogP) is 5.01. The molecule has 1 amide bonds. The molecule has 140 valence electrons. The second-order valence-electron chi connectivity index (χ2n) is 6.50. The number of nitrogens with zero attached hydrogens (tertiary/aromatic N) is 1. The molecule has 0 spiro atoms. The monoisotopic (exact) mass is 390 g/mol. The smallest absolute Gasteiger partial charge is 0.230 e. The maximum absolute atomic E-state index is 12.4. The molecule has 6 heteroatoms. The average molecular weight is 391 g/mol. The number of carbonyl (C=O) groups excluding carboxylic acids is 1. The van der Waals surface area contributed by atoms with Crippen LogP contribution in [-0.2, 0) is 17.8 Å². The van der Waals surface area contributed by atoms with Crippen molar-refractivity contribution in [3.05, 3.63) is 89.2 Å². The van der Waals surface area contributed by atoms with Crippen LogP contribution in [0.3, 0.4) is 0 Å². The Kier molecular flexibility index (Phi) is 5.26. The summed E-state index contributed by atoms with van der Waals surface area (Å²) in [6.07, 6.45) is 3.88. The Morgan fingerprint density at radius 3 is 2.64 bits per heavy atom. The maximum Gasteiger partial charge on any atom is 0.230 e. The topological polar surface area (TPSA) is 69.8 Å². The number of amides is 1. The number of aromatic amines is 1. The highest BCUT2D eigenvalue weighted by Crippen LogP contribution is 2.19. The van der Waals surface area contributed by atoms with E-state index in [2.05, 4.69) is 20.6 Å². The van der Waals surface area contributed by atoms with Crippen molar-refractivity contribution in [1.82, 2.24) is 9.97 Å². The van der Waals surface area contributed by atoms with Gasteiger partial charge in [-0.05, 0) is 41.5 Å². The number of pyridine rings is 1. The minimum Gasteiger partial charge on any atom is -0.380 e. The van der Waals surface area contributed by atoms with Crippen molar-refractivity contribution >= 4 is 39.9 Å². The van der Waals surface area contributed by atoms with Crippen LogP contribution in [0.4, 0.5) is 11.5 Å². The first-order valence-corrected chi connectivity index (χ1v) is 9.34. The van der Waals surface area contributed by atoms with Crippen LogP contribution < -0.4 is 10.6 Å². The van der Waals surface area contributed by atoms with E-state index >= 15 is 0 Å². The van der Waals surface area contributed by atoms with Crippen molar-refractivity contribution < 1.29 is 4.79 Å². The molecule has 4 rings (SSSR count). The zero-order valence-electron chi connectivity index (χ0n) is 15.1. The Labute approximate surface area is 167 Å². The summed E-state index contributed by atoms with van der Waals surface area (Å²) in [5, 5.41) is 7.92. The standard InChI is InChI=1S/C22H19ClN4O/c23-17-7-5-15(6-8-17)12-24-18-9-10-21(26-14-18)27-22(28)11-16-13-25-20-4-2-1-3-19(16)20/h1-10,13-14,24-25H,11-12H2,(H,26,27,28). The predicted molar refractivity (Wildman–Crippen MR) is 114 cm³/mol. The van der Waals surface area contributed by atoms with E-state index in [1.54, 1.807) is 12.3 Å². The molecule has 0 saturated heterocycles. The molecule has 0 atom stereocenters. The van der Waals surface area contributed by atoms with Crippen LogP contribution in [0.15, 0.2) is 73.1 Å². The van der Waals surface area contributed by atoms with Crippen LogP contribution >= 0.6 is 11.6 Å². The van der Waals surface area contributed by atoms with E-state index in [1.165, 1.54) is 0 Å². The molecule has 2 heterocycles. The normalized spacial score (nSPS) is 10.8. The highest BCUT2D eigenvalue weighted by Gasteiger charge is 2.09. The summed E-state index contributed by atoms with van der Waals surface area (Å²) in [6.45, 7) is 0.672. The molecule has 2 aromatic heterocycles. The number of para-hydroxylation sites is 1. The maximum atomic E-state index is 12.4. The number of hydrogen-bond donors (Lipinski definition) is 3. The second-order valence-corrected chi connectivity index (χ2v) is 6.93. The van der Waals surface area contributed by atoms with Gasteiger partial charge in [0.1, 0.15) is 5.82 Å². The number of hydrogen-bond acceptors (Lipinski definition) is 3. The van der Waals surface area contributed by atoms with Crippen LogP contribution in [0.1, 0.15) is 11.1 Å². The number of carbonyl (C=O) groups is 1. The van der Waals surface area contributed by atoms with Gasteiger partial charge in [0.25, 0.3) is 0 Å². The number of H-pyrrole nitrogens is 1. The van der Waals surface area contributed by atoms with Crippen LogP contribution in [0.25, 0.3) is 10.9 Å². The highest BCUT2D eigenvalue weighted by atomic mass is 35.5. The van der Waals surface area contributed by atoms with Crippen molar-refractivity contribution in [2.45, 2.75) is 13.0 Å². The van der Waals surface area contributed by atoms with Crippen molar-refractivity contribution in [2.24, 2.45) is 0 Å². The summed E-state index contributed by atoms with van der Waals surface area (Å²) < 4.78 is 0. The minimum atomic E-state index is -0.0980. The van der Waals surface area contributed by atoms with Gasteiger partial charge in [0, 0.05) is 28.7 Å². The SMILES string of the molecule is O=C(Cc1c[nH]c2ccccc12)Nc1ccc(NCc2ccc(Cl)cc2)cn1. The molecule has 2 aromatic carbocycles. The summed E-state index contributed by atoms with van der Waals surface area (Å²) in [5.41, 5.74) is 4.00. The Hall–Kier alpha value is -3.31. The molecule has 3 N–H and O–H groups in total. The van der Waals surface area contributed by atoms with E-state index in [9.17, 15) is 4.79 Å². The molecule has 0 aliphatic carbocycles. The van der Waals surface area contributed by atoms with Gasteiger partial charge in [0.05, 0.1) is 18.3 Å². The summed E-state index contributed by atoms with van der Waals surface area (Å²) in [7, 11) is 0. The number of aromatic nitrogens is 2. The van der Waals surface area contributed by atoms with E-state index in [-0.39, 0.29) is 5.91 Å². The third kappa shape index (κ3) is 4.32. The van der Waals surface area contributed by atoms with Gasteiger partial charge in [0.2, 0.25) is 5.91 Å². The van der Waals surface area contributed by atoms with Crippen molar-refractivity contribution in [3.8, 4) is 0 Å². The molecule has 0 fully saturated rings. The van der Waals surface area contributed by atoms with Gasteiger partial charge in [-0.2, -0.15) is 0 Å². The van der Waals surface area contributed by atoms with Gasteiger partial charge in [-0.25, -0.2) is 4.98 Å². The zero-order valence-corrected chi connectivity index (χ0v) is 15.8. The van der Waals surface area contributed by atoms with Gasteiger partial charge in [-0.15, -0.1) is 0 Å². The Balaban J connectivity index is 1.33. The zero-order chi connectivity index (χ0) is 19.3. The fourth-order valence-electron chi connectivity index (χ4n) is 3.02. The molecular weight excluding hydrogens is 372 g/mol. The number of rotatable bonds is 6. The van der Waals surface area contributed by atoms with Gasteiger partial charge in [-0.3, -0.25) is 4.79 Å².